The highest BCUT2D eigenvalue weighted by atomic mass is 19.1. The zero-order chi connectivity index (χ0) is 13.1. The van der Waals surface area contributed by atoms with Gasteiger partial charge in [0.15, 0.2) is 5.75 Å². The van der Waals surface area contributed by atoms with Crippen LogP contribution < -0.4 is 16.0 Å². The lowest BCUT2D eigenvalue weighted by atomic mass is 10.0. The van der Waals surface area contributed by atoms with Crippen LogP contribution in [0.1, 0.15) is 17.3 Å². The molecule has 0 aliphatic rings. The van der Waals surface area contributed by atoms with Gasteiger partial charge in [0.25, 0.3) is 0 Å². The average Bonchev–Trinajstić information content (AvgIpc) is 2.74. The molecule has 0 bridgehead atoms. The summed E-state index contributed by atoms with van der Waals surface area (Å²) in [5, 5.41) is 4.07. The van der Waals surface area contributed by atoms with Crippen molar-refractivity contribution >= 4 is 0 Å². The summed E-state index contributed by atoms with van der Waals surface area (Å²) >= 11 is 0. The van der Waals surface area contributed by atoms with Crippen LogP contribution in [0.25, 0.3) is 0 Å². The Labute approximate surface area is 104 Å². The van der Waals surface area contributed by atoms with E-state index < -0.39 is 11.9 Å². The Balaban J connectivity index is 2.52. The summed E-state index contributed by atoms with van der Waals surface area (Å²) < 4.78 is 20.5. The van der Waals surface area contributed by atoms with Gasteiger partial charge in [-0.15, -0.1) is 0 Å². The van der Waals surface area contributed by atoms with Crippen molar-refractivity contribution in [2.24, 2.45) is 12.9 Å². The maximum Gasteiger partial charge on any atom is 0.161 e. The van der Waals surface area contributed by atoms with E-state index in [9.17, 15) is 4.39 Å². The monoisotopic (exact) mass is 251 g/mol. The van der Waals surface area contributed by atoms with Crippen LogP contribution in [0.5, 0.6) is 5.75 Å². The number of nitrogens with two attached hydrogens (primary N) is 1. The normalized spacial score (nSPS) is 12.4. The molecule has 2 aromatic heterocycles. The first-order chi connectivity index (χ1) is 8.69. The van der Waals surface area contributed by atoms with Gasteiger partial charge in [-0.3, -0.25) is 15.5 Å². The molecule has 3 N–H and O–H groups in total. The average molecular weight is 251 g/mol. The fraction of sp³-hybridized carbons (Fsp3) is 0.273. The summed E-state index contributed by atoms with van der Waals surface area (Å²) in [4.78, 5) is 3.71. The maximum absolute atomic E-state index is 13.8. The van der Waals surface area contributed by atoms with Crippen molar-refractivity contribution < 1.29 is 9.13 Å². The quantitative estimate of drug-likeness (QED) is 0.611. The van der Waals surface area contributed by atoms with Crippen LogP contribution in [-0.2, 0) is 7.05 Å². The zero-order valence-electron chi connectivity index (χ0n) is 10.1. The van der Waals surface area contributed by atoms with Gasteiger partial charge in [0, 0.05) is 18.8 Å². The number of aryl methyl sites for hydroxylation is 1. The molecule has 1 unspecified atom stereocenters. The van der Waals surface area contributed by atoms with Gasteiger partial charge in [-0.05, 0) is 6.07 Å². The second-order valence-electron chi connectivity index (χ2n) is 3.72. The molecule has 1 atom stereocenters. The summed E-state index contributed by atoms with van der Waals surface area (Å²) in [5.74, 6) is 5.62. The van der Waals surface area contributed by atoms with Gasteiger partial charge in [0.1, 0.15) is 11.5 Å². The summed E-state index contributed by atoms with van der Waals surface area (Å²) in [7, 11) is 3.26. The molecule has 0 saturated carbocycles. The minimum atomic E-state index is -0.560. The van der Waals surface area contributed by atoms with Gasteiger partial charge in [-0.1, -0.05) is 0 Å². The fourth-order valence-electron chi connectivity index (χ4n) is 1.85. The number of nitrogens with zero attached hydrogens (tertiary/aromatic N) is 3. The molecule has 7 heteroatoms. The van der Waals surface area contributed by atoms with Crippen LogP contribution in [0.3, 0.4) is 0 Å². The largest absolute Gasteiger partial charge is 0.493 e. The fourth-order valence-corrected chi connectivity index (χ4v) is 1.85. The van der Waals surface area contributed by atoms with E-state index in [1.54, 1.807) is 24.0 Å². The van der Waals surface area contributed by atoms with Crippen LogP contribution in [0.2, 0.25) is 0 Å². The number of aromatic nitrogens is 3. The van der Waals surface area contributed by atoms with E-state index in [1.807, 2.05) is 0 Å². The van der Waals surface area contributed by atoms with Crippen molar-refractivity contribution in [3.05, 3.63) is 41.7 Å². The van der Waals surface area contributed by atoms with Crippen molar-refractivity contribution in [2.45, 2.75) is 6.04 Å². The Morgan fingerprint density at radius 2 is 2.28 bits per heavy atom. The minimum absolute atomic E-state index is 0.384. The number of ether oxygens (including phenoxy) is 1. The highest BCUT2D eigenvalue weighted by Crippen LogP contribution is 2.29. The molecule has 0 aliphatic heterocycles. The van der Waals surface area contributed by atoms with E-state index in [2.05, 4.69) is 15.5 Å². The third kappa shape index (κ3) is 2.05. The van der Waals surface area contributed by atoms with E-state index >= 15 is 0 Å². The van der Waals surface area contributed by atoms with Crippen molar-refractivity contribution in [2.75, 3.05) is 7.11 Å². The molecule has 0 radical (unpaired) electrons. The van der Waals surface area contributed by atoms with Crippen LogP contribution in [-0.4, -0.2) is 21.9 Å². The number of nitrogens with one attached hydrogen (secondary N) is 1. The van der Waals surface area contributed by atoms with Crippen molar-refractivity contribution in [1.29, 1.82) is 0 Å². The SMILES string of the molecule is COc1cnn(C)c1C(NN)c1ccncc1F. The molecule has 0 aliphatic carbocycles. The number of halogens is 1. The molecule has 2 aromatic rings. The third-order valence-electron chi connectivity index (χ3n) is 2.72. The van der Waals surface area contributed by atoms with Crippen LogP contribution in [0.4, 0.5) is 4.39 Å². The molecule has 2 rings (SSSR count). The number of hydrogen-bond acceptors (Lipinski definition) is 5. The zero-order valence-corrected chi connectivity index (χ0v) is 10.1. The Morgan fingerprint density at radius 1 is 1.50 bits per heavy atom. The van der Waals surface area contributed by atoms with Crippen LogP contribution in [0.15, 0.2) is 24.7 Å². The van der Waals surface area contributed by atoms with E-state index in [4.69, 9.17) is 10.6 Å². The first kappa shape index (κ1) is 12.5. The number of hydrogen-bond donors (Lipinski definition) is 2. The summed E-state index contributed by atoms with van der Waals surface area (Å²) in [6.45, 7) is 0. The van der Waals surface area contributed by atoms with E-state index in [1.165, 1.54) is 13.3 Å². The molecule has 0 aromatic carbocycles. The lowest BCUT2D eigenvalue weighted by molar-refractivity contribution is 0.399. The van der Waals surface area contributed by atoms with E-state index in [-0.39, 0.29) is 0 Å². The molecule has 0 spiro atoms. The van der Waals surface area contributed by atoms with Gasteiger partial charge in [-0.2, -0.15) is 5.10 Å². The molecule has 6 nitrogen and oxygen atoms in total. The molecular formula is C11H14FN5O. The highest BCUT2D eigenvalue weighted by molar-refractivity contribution is 5.36. The minimum Gasteiger partial charge on any atom is -0.493 e. The first-order valence-electron chi connectivity index (χ1n) is 5.30. The van der Waals surface area contributed by atoms with Gasteiger partial charge in [0.2, 0.25) is 0 Å². The smallest absolute Gasteiger partial charge is 0.161 e. The standard InChI is InChI=1S/C11H14FN5O/c1-17-11(9(18-2)6-15-17)10(16-13)7-3-4-14-5-8(7)12/h3-6,10,16H,13H2,1-2H3. The predicted octanol–water partition coefficient (Wildman–Crippen LogP) is 0.515. The van der Waals surface area contributed by atoms with E-state index in [0.29, 0.717) is 17.0 Å². The lowest BCUT2D eigenvalue weighted by Crippen LogP contribution is -2.31. The Bertz CT molecular complexity index is 542. The van der Waals surface area contributed by atoms with Crippen molar-refractivity contribution in [3.8, 4) is 5.75 Å². The predicted molar refractivity (Wildman–Crippen MR) is 63.1 cm³/mol. The molecule has 96 valence electrons. The topological polar surface area (TPSA) is 78.0 Å². The number of hydrazine groups is 1. The second kappa shape index (κ2) is 5.11. The summed E-state index contributed by atoms with van der Waals surface area (Å²) in [5.41, 5.74) is 3.60. The second-order valence-corrected chi connectivity index (χ2v) is 3.72. The summed E-state index contributed by atoms with van der Waals surface area (Å²) in [6.07, 6.45) is 4.20. The Morgan fingerprint density at radius 3 is 2.89 bits per heavy atom. The van der Waals surface area contributed by atoms with E-state index in [0.717, 1.165) is 6.20 Å². The Hall–Kier alpha value is -1.99. The molecule has 0 amide bonds. The van der Waals surface area contributed by atoms with Crippen LogP contribution in [0, 0.1) is 5.82 Å². The highest BCUT2D eigenvalue weighted by Gasteiger charge is 2.23. The molecule has 18 heavy (non-hydrogen) atoms. The van der Waals surface area contributed by atoms with Gasteiger partial charge in [0.05, 0.1) is 25.5 Å². The van der Waals surface area contributed by atoms with Gasteiger partial charge >= 0.3 is 0 Å². The Kier molecular flexibility index (Phi) is 3.54. The van der Waals surface area contributed by atoms with Gasteiger partial charge < -0.3 is 4.74 Å². The molecule has 2 heterocycles. The van der Waals surface area contributed by atoms with Gasteiger partial charge in [-0.25, -0.2) is 9.82 Å². The maximum atomic E-state index is 13.8. The molecule has 0 fully saturated rings. The first-order valence-corrected chi connectivity index (χ1v) is 5.30. The third-order valence-corrected chi connectivity index (χ3v) is 2.72. The lowest BCUT2D eigenvalue weighted by Gasteiger charge is -2.18. The summed E-state index contributed by atoms with van der Waals surface area (Å²) in [6, 6.07) is 1.00. The number of pyridine rings is 1. The number of methoxy groups -OCH3 is 1. The van der Waals surface area contributed by atoms with Crippen molar-refractivity contribution in [1.82, 2.24) is 20.2 Å². The number of rotatable bonds is 4. The molecule has 0 saturated heterocycles. The molecular weight excluding hydrogens is 237 g/mol. The van der Waals surface area contributed by atoms with Crippen LogP contribution >= 0.6 is 0 Å². The van der Waals surface area contributed by atoms with Crippen molar-refractivity contribution in [3.63, 3.8) is 0 Å².